The topological polar surface area (TPSA) is 44.8 Å². The largest absolute Gasteiger partial charge is 0.490 e. The van der Waals surface area contributed by atoms with Crippen molar-refractivity contribution in [2.75, 3.05) is 19.8 Å². The molecule has 2 heterocycles. The molecule has 1 unspecified atom stereocenters. The van der Waals surface area contributed by atoms with Crippen molar-refractivity contribution in [2.24, 2.45) is 0 Å². The second-order valence-corrected chi connectivity index (χ2v) is 5.33. The van der Waals surface area contributed by atoms with Crippen molar-refractivity contribution in [3.05, 3.63) is 23.8 Å². The van der Waals surface area contributed by atoms with Gasteiger partial charge in [0.25, 0.3) is 0 Å². The highest BCUT2D eigenvalue weighted by molar-refractivity contribution is 5.97. The average molecular weight is 276 g/mol. The summed E-state index contributed by atoms with van der Waals surface area (Å²) >= 11 is 0. The average Bonchev–Trinajstić information content (AvgIpc) is 2.72. The zero-order valence-electron chi connectivity index (χ0n) is 11.6. The third kappa shape index (κ3) is 3.12. The minimum Gasteiger partial charge on any atom is -0.490 e. The van der Waals surface area contributed by atoms with Crippen molar-refractivity contribution >= 4 is 5.78 Å². The minimum absolute atomic E-state index is 0.0761. The second kappa shape index (κ2) is 6.27. The fraction of sp³-hybridized carbons (Fsp3) is 0.562. The van der Waals surface area contributed by atoms with Crippen LogP contribution in [0.1, 0.15) is 42.5 Å². The van der Waals surface area contributed by atoms with E-state index in [1.165, 1.54) is 0 Å². The fourth-order valence-electron chi connectivity index (χ4n) is 2.63. The summed E-state index contributed by atoms with van der Waals surface area (Å²) in [7, 11) is 0. The number of ether oxygens (including phenoxy) is 3. The SMILES string of the molecule is O=C(CC1CCCCO1)c1ccc2c(c1)OCCCO2. The van der Waals surface area contributed by atoms with Gasteiger partial charge in [-0.3, -0.25) is 4.79 Å². The van der Waals surface area contributed by atoms with Crippen LogP contribution in [0.3, 0.4) is 0 Å². The molecule has 108 valence electrons. The smallest absolute Gasteiger partial charge is 0.165 e. The van der Waals surface area contributed by atoms with Gasteiger partial charge in [0.05, 0.1) is 19.3 Å². The first-order chi connectivity index (χ1) is 9.83. The van der Waals surface area contributed by atoms with Gasteiger partial charge < -0.3 is 14.2 Å². The van der Waals surface area contributed by atoms with Crippen LogP contribution in [0.2, 0.25) is 0 Å². The van der Waals surface area contributed by atoms with Crippen molar-refractivity contribution in [2.45, 2.75) is 38.2 Å². The van der Waals surface area contributed by atoms with E-state index in [1.807, 2.05) is 12.1 Å². The molecule has 4 nitrogen and oxygen atoms in total. The summed E-state index contributed by atoms with van der Waals surface area (Å²) in [5.74, 6) is 1.53. The Morgan fingerprint density at radius 2 is 1.90 bits per heavy atom. The van der Waals surface area contributed by atoms with E-state index in [0.29, 0.717) is 30.9 Å². The van der Waals surface area contributed by atoms with Crippen molar-refractivity contribution in [3.8, 4) is 11.5 Å². The molecule has 0 N–H and O–H groups in total. The van der Waals surface area contributed by atoms with Crippen molar-refractivity contribution in [3.63, 3.8) is 0 Å². The molecule has 1 fully saturated rings. The standard InChI is InChI=1S/C16H20O4/c17-14(11-13-4-1-2-7-18-13)12-5-6-15-16(10-12)20-9-3-8-19-15/h5-6,10,13H,1-4,7-9,11H2. The van der Waals surface area contributed by atoms with Crippen LogP contribution in [0.4, 0.5) is 0 Å². The molecule has 2 aliphatic heterocycles. The Morgan fingerprint density at radius 3 is 2.70 bits per heavy atom. The van der Waals surface area contributed by atoms with Crippen LogP contribution in [-0.2, 0) is 4.74 Å². The van der Waals surface area contributed by atoms with E-state index in [9.17, 15) is 4.79 Å². The predicted octanol–water partition coefficient (Wildman–Crippen LogP) is 2.99. The van der Waals surface area contributed by atoms with Crippen LogP contribution in [0.5, 0.6) is 11.5 Å². The number of hydrogen-bond acceptors (Lipinski definition) is 4. The molecule has 20 heavy (non-hydrogen) atoms. The Hall–Kier alpha value is -1.55. The second-order valence-electron chi connectivity index (χ2n) is 5.33. The quantitative estimate of drug-likeness (QED) is 0.796. The molecule has 1 atom stereocenters. The summed E-state index contributed by atoms with van der Waals surface area (Å²) in [5, 5.41) is 0. The van der Waals surface area contributed by atoms with E-state index in [0.717, 1.165) is 38.0 Å². The maximum Gasteiger partial charge on any atom is 0.165 e. The summed E-state index contributed by atoms with van der Waals surface area (Å²) < 4.78 is 16.8. The normalized spacial score (nSPS) is 22.1. The van der Waals surface area contributed by atoms with E-state index >= 15 is 0 Å². The Labute approximate surface area is 119 Å². The number of carbonyl (C=O) groups excluding carboxylic acids is 1. The molecule has 0 aromatic heterocycles. The summed E-state index contributed by atoms with van der Waals surface area (Å²) in [6.45, 7) is 2.08. The van der Waals surface area contributed by atoms with E-state index < -0.39 is 0 Å². The molecule has 1 aromatic rings. The highest BCUT2D eigenvalue weighted by atomic mass is 16.5. The lowest BCUT2D eigenvalue weighted by Gasteiger charge is -2.21. The summed E-state index contributed by atoms with van der Waals surface area (Å²) in [4.78, 5) is 12.3. The number of rotatable bonds is 3. The molecule has 1 aromatic carbocycles. The van der Waals surface area contributed by atoms with Crippen molar-refractivity contribution in [1.29, 1.82) is 0 Å². The predicted molar refractivity (Wildman–Crippen MR) is 74.6 cm³/mol. The van der Waals surface area contributed by atoms with Gasteiger partial charge in [-0.1, -0.05) is 0 Å². The van der Waals surface area contributed by atoms with E-state index in [2.05, 4.69) is 0 Å². The summed E-state index contributed by atoms with van der Waals surface area (Å²) in [5.41, 5.74) is 0.684. The van der Waals surface area contributed by atoms with Gasteiger partial charge in [0.15, 0.2) is 17.3 Å². The first kappa shape index (κ1) is 13.4. The Kier molecular flexibility index (Phi) is 4.21. The molecule has 4 heteroatoms. The molecular weight excluding hydrogens is 256 g/mol. The number of carbonyl (C=O) groups is 1. The molecule has 3 rings (SSSR count). The van der Waals surface area contributed by atoms with Gasteiger partial charge >= 0.3 is 0 Å². The van der Waals surface area contributed by atoms with Crippen molar-refractivity contribution in [1.82, 2.24) is 0 Å². The zero-order chi connectivity index (χ0) is 13.8. The maximum absolute atomic E-state index is 12.3. The summed E-state index contributed by atoms with van der Waals surface area (Å²) in [6.07, 6.45) is 4.64. The molecule has 0 bridgehead atoms. The Morgan fingerprint density at radius 1 is 1.05 bits per heavy atom. The molecule has 0 saturated carbocycles. The molecule has 2 aliphatic rings. The van der Waals surface area contributed by atoms with Gasteiger partial charge in [-0.05, 0) is 37.5 Å². The van der Waals surface area contributed by atoms with Crippen LogP contribution in [-0.4, -0.2) is 31.7 Å². The molecule has 0 radical (unpaired) electrons. The van der Waals surface area contributed by atoms with E-state index in [1.54, 1.807) is 6.07 Å². The first-order valence-corrected chi connectivity index (χ1v) is 7.37. The van der Waals surface area contributed by atoms with Gasteiger partial charge in [-0.2, -0.15) is 0 Å². The third-order valence-corrected chi connectivity index (χ3v) is 3.76. The fourth-order valence-corrected chi connectivity index (χ4v) is 2.63. The van der Waals surface area contributed by atoms with Crippen LogP contribution in [0, 0.1) is 0 Å². The van der Waals surface area contributed by atoms with E-state index in [4.69, 9.17) is 14.2 Å². The third-order valence-electron chi connectivity index (χ3n) is 3.76. The van der Waals surface area contributed by atoms with Gasteiger partial charge in [-0.25, -0.2) is 0 Å². The highest BCUT2D eigenvalue weighted by Crippen LogP contribution is 2.31. The number of Topliss-reactive ketones (excluding diaryl/α,β-unsaturated/α-hetero) is 1. The zero-order valence-corrected chi connectivity index (χ0v) is 11.6. The van der Waals surface area contributed by atoms with E-state index in [-0.39, 0.29) is 11.9 Å². The van der Waals surface area contributed by atoms with Crippen LogP contribution >= 0.6 is 0 Å². The lowest BCUT2D eigenvalue weighted by Crippen LogP contribution is -2.22. The molecule has 0 aliphatic carbocycles. The molecule has 0 amide bonds. The monoisotopic (exact) mass is 276 g/mol. The summed E-state index contributed by atoms with van der Waals surface area (Å²) in [6, 6.07) is 5.44. The van der Waals surface area contributed by atoms with Crippen LogP contribution in [0.25, 0.3) is 0 Å². The van der Waals surface area contributed by atoms with Crippen LogP contribution < -0.4 is 9.47 Å². The Balaban J connectivity index is 1.69. The first-order valence-electron chi connectivity index (χ1n) is 7.37. The number of benzene rings is 1. The molecule has 1 saturated heterocycles. The lowest BCUT2D eigenvalue weighted by atomic mass is 10.00. The van der Waals surface area contributed by atoms with Gasteiger partial charge in [0, 0.05) is 25.0 Å². The highest BCUT2D eigenvalue weighted by Gasteiger charge is 2.20. The lowest BCUT2D eigenvalue weighted by molar-refractivity contribution is 0.0129. The maximum atomic E-state index is 12.3. The Bertz CT molecular complexity index is 477. The molecular formula is C16H20O4. The van der Waals surface area contributed by atoms with Gasteiger partial charge in [-0.15, -0.1) is 0 Å². The van der Waals surface area contributed by atoms with Crippen LogP contribution in [0.15, 0.2) is 18.2 Å². The van der Waals surface area contributed by atoms with Gasteiger partial charge in [0.2, 0.25) is 0 Å². The van der Waals surface area contributed by atoms with Gasteiger partial charge in [0.1, 0.15) is 0 Å². The van der Waals surface area contributed by atoms with Crippen molar-refractivity contribution < 1.29 is 19.0 Å². The minimum atomic E-state index is 0.0761. The number of fused-ring (bicyclic) bond motifs is 1. The molecule has 0 spiro atoms. The number of ketones is 1. The number of hydrogen-bond donors (Lipinski definition) is 0.